The molecule has 116 valence electrons. The highest BCUT2D eigenvalue weighted by Gasteiger charge is 2.16. The molecule has 2 rings (SSSR count). The molecule has 6 nitrogen and oxygen atoms in total. The van der Waals surface area contributed by atoms with Crippen LogP contribution in [0.15, 0.2) is 34.9 Å². The zero-order valence-electron chi connectivity index (χ0n) is 11.9. The van der Waals surface area contributed by atoms with E-state index in [-0.39, 0.29) is 18.2 Å². The fourth-order valence-corrected chi connectivity index (χ4v) is 2.06. The standard InChI is InChI=1S/C15H15ClN2O4/c1-9(5-6-14(19)20)17-15(21)12-8-13(22-18-12)10-3-2-4-11(16)7-10/h2-4,7-9H,5-6H2,1H3,(H,17,21)(H,19,20). The van der Waals surface area contributed by atoms with E-state index in [0.717, 1.165) is 5.56 Å². The third-order valence-electron chi connectivity index (χ3n) is 3.02. The van der Waals surface area contributed by atoms with Crippen molar-refractivity contribution in [2.45, 2.75) is 25.8 Å². The van der Waals surface area contributed by atoms with Crippen LogP contribution in [-0.2, 0) is 4.79 Å². The van der Waals surface area contributed by atoms with E-state index >= 15 is 0 Å². The highest BCUT2D eigenvalue weighted by molar-refractivity contribution is 6.30. The lowest BCUT2D eigenvalue weighted by molar-refractivity contribution is -0.137. The number of carbonyl (C=O) groups is 2. The van der Waals surface area contributed by atoms with Gasteiger partial charge in [-0.05, 0) is 25.5 Å². The number of nitrogens with one attached hydrogen (secondary N) is 1. The van der Waals surface area contributed by atoms with Crippen molar-refractivity contribution in [1.29, 1.82) is 0 Å². The first-order valence-electron chi connectivity index (χ1n) is 6.71. The molecule has 2 aromatic rings. The van der Waals surface area contributed by atoms with Crippen LogP contribution in [0.2, 0.25) is 5.02 Å². The smallest absolute Gasteiger partial charge is 0.303 e. The SMILES string of the molecule is CC(CCC(=O)O)NC(=O)c1cc(-c2cccc(Cl)c2)on1. The topological polar surface area (TPSA) is 92.4 Å². The van der Waals surface area contributed by atoms with Crippen LogP contribution in [0.4, 0.5) is 0 Å². The number of amides is 1. The molecule has 1 atom stereocenters. The number of rotatable bonds is 6. The van der Waals surface area contributed by atoms with E-state index < -0.39 is 11.9 Å². The van der Waals surface area contributed by atoms with Gasteiger partial charge in [0.05, 0.1) is 0 Å². The summed E-state index contributed by atoms with van der Waals surface area (Å²) >= 11 is 5.90. The number of carbonyl (C=O) groups excluding carboxylic acids is 1. The number of aliphatic carboxylic acids is 1. The van der Waals surface area contributed by atoms with Crippen LogP contribution < -0.4 is 5.32 Å². The number of carboxylic acid groups (broad SMARTS) is 1. The number of benzene rings is 1. The van der Waals surface area contributed by atoms with Gasteiger partial charge in [-0.25, -0.2) is 0 Å². The minimum atomic E-state index is -0.897. The molecule has 7 heteroatoms. The van der Waals surface area contributed by atoms with E-state index in [9.17, 15) is 9.59 Å². The summed E-state index contributed by atoms with van der Waals surface area (Å²) in [7, 11) is 0. The number of nitrogens with zero attached hydrogens (tertiary/aromatic N) is 1. The second kappa shape index (κ2) is 7.09. The summed E-state index contributed by atoms with van der Waals surface area (Å²) in [5, 5.41) is 15.6. The lowest BCUT2D eigenvalue weighted by Crippen LogP contribution is -2.33. The van der Waals surface area contributed by atoms with Crippen molar-refractivity contribution < 1.29 is 19.2 Å². The summed E-state index contributed by atoms with van der Waals surface area (Å²) < 4.78 is 5.14. The van der Waals surface area contributed by atoms with Crippen molar-refractivity contribution in [2.24, 2.45) is 0 Å². The molecular formula is C15H15ClN2O4. The quantitative estimate of drug-likeness (QED) is 0.853. The predicted octanol–water partition coefficient (Wildman–Crippen LogP) is 2.98. The van der Waals surface area contributed by atoms with Gasteiger partial charge >= 0.3 is 5.97 Å². The second-order valence-electron chi connectivity index (χ2n) is 4.89. The van der Waals surface area contributed by atoms with Crippen LogP contribution in [0.5, 0.6) is 0 Å². The minimum Gasteiger partial charge on any atom is -0.481 e. The number of aromatic nitrogens is 1. The fourth-order valence-electron chi connectivity index (χ4n) is 1.87. The lowest BCUT2D eigenvalue weighted by atomic mass is 10.1. The maximum atomic E-state index is 12.0. The number of hydrogen-bond acceptors (Lipinski definition) is 4. The van der Waals surface area contributed by atoms with E-state index in [1.807, 2.05) is 0 Å². The molecule has 0 aliphatic rings. The molecule has 1 aromatic carbocycles. The summed E-state index contributed by atoms with van der Waals surface area (Å²) in [4.78, 5) is 22.5. The number of hydrogen-bond donors (Lipinski definition) is 2. The van der Waals surface area contributed by atoms with E-state index in [1.54, 1.807) is 31.2 Å². The molecule has 22 heavy (non-hydrogen) atoms. The molecule has 0 aliphatic carbocycles. The number of carboxylic acids is 1. The molecule has 1 unspecified atom stereocenters. The van der Waals surface area contributed by atoms with Gasteiger partial charge in [0.25, 0.3) is 5.91 Å². The van der Waals surface area contributed by atoms with Gasteiger partial charge in [0.2, 0.25) is 0 Å². The Morgan fingerprint density at radius 2 is 2.18 bits per heavy atom. The molecule has 1 heterocycles. The summed E-state index contributed by atoms with van der Waals surface area (Å²) in [5.74, 6) is -0.869. The summed E-state index contributed by atoms with van der Waals surface area (Å²) in [6.45, 7) is 1.73. The molecule has 2 N–H and O–H groups in total. The van der Waals surface area contributed by atoms with Gasteiger partial charge in [-0.2, -0.15) is 0 Å². The first-order chi connectivity index (χ1) is 10.5. The average Bonchev–Trinajstić information content (AvgIpc) is 2.95. The van der Waals surface area contributed by atoms with Crippen molar-refractivity contribution in [3.05, 3.63) is 41.0 Å². The normalized spacial score (nSPS) is 11.9. The zero-order chi connectivity index (χ0) is 16.1. The first-order valence-corrected chi connectivity index (χ1v) is 7.09. The summed E-state index contributed by atoms with van der Waals surface area (Å²) in [6.07, 6.45) is 0.341. The number of halogens is 1. The molecule has 1 amide bonds. The third-order valence-corrected chi connectivity index (χ3v) is 3.26. The maximum absolute atomic E-state index is 12.0. The van der Waals surface area contributed by atoms with Gasteiger partial charge in [-0.3, -0.25) is 9.59 Å². The summed E-state index contributed by atoms with van der Waals surface area (Å²) in [6, 6.07) is 8.26. The maximum Gasteiger partial charge on any atom is 0.303 e. The largest absolute Gasteiger partial charge is 0.481 e. The Kier molecular flexibility index (Phi) is 5.16. The minimum absolute atomic E-state index is 0.00593. The van der Waals surface area contributed by atoms with Crippen molar-refractivity contribution in [2.75, 3.05) is 0 Å². The van der Waals surface area contributed by atoms with Gasteiger partial charge in [-0.1, -0.05) is 28.9 Å². The van der Waals surface area contributed by atoms with E-state index in [2.05, 4.69) is 10.5 Å². The van der Waals surface area contributed by atoms with Gasteiger partial charge in [0.15, 0.2) is 11.5 Å². The molecule has 0 aliphatic heterocycles. The Hall–Kier alpha value is -2.34. The van der Waals surface area contributed by atoms with E-state index in [4.69, 9.17) is 21.2 Å². The Morgan fingerprint density at radius 1 is 1.41 bits per heavy atom. The van der Waals surface area contributed by atoms with Crippen molar-refractivity contribution in [1.82, 2.24) is 10.5 Å². The molecule has 0 fully saturated rings. The van der Waals surface area contributed by atoms with Crippen LogP contribution in [0.1, 0.15) is 30.3 Å². The van der Waals surface area contributed by atoms with E-state index in [1.165, 1.54) is 6.07 Å². The monoisotopic (exact) mass is 322 g/mol. The van der Waals surface area contributed by atoms with Crippen molar-refractivity contribution in [3.8, 4) is 11.3 Å². The summed E-state index contributed by atoms with van der Waals surface area (Å²) in [5.41, 5.74) is 0.857. The third kappa shape index (κ3) is 4.33. The van der Waals surface area contributed by atoms with Gasteiger partial charge in [-0.15, -0.1) is 0 Å². The Morgan fingerprint density at radius 3 is 2.86 bits per heavy atom. The molecule has 0 saturated carbocycles. The fraction of sp³-hybridized carbons (Fsp3) is 0.267. The molecular weight excluding hydrogens is 308 g/mol. The van der Waals surface area contributed by atoms with Crippen LogP contribution >= 0.6 is 11.6 Å². The van der Waals surface area contributed by atoms with Gasteiger partial charge < -0.3 is 14.9 Å². The highest BCUT2D eigenvalue weighted by atomic mass is 35.5. The highest BCUT2D eigenvalue weighted by Crippen LogP contribution is 2.23. The first kappa shape index (κ1) is 16.0. The van der Waals surface area contributed by atoms with Crippen molar-refractivity contribution >= 4 is 23.5 Å². The Labute approximate surface area is 132 Å². The van der Waals surface area contributed by atoms with Crippen molar-refractivity contribution in [3.63, 3.8) is 0 Å². The zero-order valence-corrected chi connectivity index (χ0v) is 12.6. The average molecular weight is 323 g/mol. The molecule has 0 radical (unpaired) electrons. The predicted molar refractivity (Wildman–Crippen MR) is 80.7 cm³/mol. The van der Waals surface area contributed by atoms with Crippen LogP contribution in [-0.4, -0.2) is 28.2 Å². The second-order valence-corrected chi connectivity index (χ2v) is 5.33. The van der Waals surface area contributed by atoms with Crippen LogP contribution in [0, 0.1) is 0 Å². The van der Waals surface area contributed by atoms with Crippen LogP contribution in [0.25, 0.3) is 11.3 Å². The Bertz CT molecular complexity index is 684. The van der Waals surface area contributed by atoms with Gasteiger partial charge in [0.1, 0.15) is 0 Å². The molecule has 0 bridgehead atoms. The van der Waals surface area contributed by atoms with E-state index in [0.29, 0.717) is 17.2 Å². The lowest BCUT2D eigenvalue weighted by Gasteiger charge is -2.10. The molecule has 0 spiro atoms. The van der Waals surface area contributed by atoms with Crippen LogP contribution in [0.3, 0.4) is 0 Å². The Balaban J connectivity index is 2.01. The molecule has 0 saturated heterocycles. The molecule has 1 aromatic heterocycles. The van der Waals surface area contributed by atoms with Gasteiger partial charge in [0, 0.05) is 29.1 Å².